The zero-order valence-electron chi connectivity index (χ0n) is 8.20. The minimum atomic E-state index is -0.392. The molecular formula is C8H18N2O2. The van der Waals surface area contributed by atoms with Gasteiger partial charge in [0.15, 0.2) is 0 Å². The van der Waals surface area contributed by atoms with Crippen molar-refractivity contribution in [3.8, 4) is 0 Å². The van der Waals surface area contributed by atoms with Crippen LogP contribution in [-0.2, 0) is 0 Å². The van der Waals surface area contributed by atoms with E-state index in [1.54, 1.807) is 0 Å². The third kappa shape index (κ3) is 1.61. The SMILES string of the molecule is CC1(C)CN(O)CC(C)(C)N1O. The summed E-state index contributed by atoms with van der Waals surface area (Å²) < 4.78 is 0. The van der Waals surface area contributed by atoms with E-state index < -0.39 is 11.1 Å². The van der Waals surface area contributed by atoms with Crippen LogP contribution in [-0.4, -0.2) is 44.7 Å². The Labute approximate surface area is 73.3 Å². The summed E-state index contributed by atoms with van der Waals surface area (Å²) in [5.74, 6) is 0. The van der Waals surface area contributed by atoms with E-state index in [-0.39, 0.29) is 0 Å². The van der Waals surface area contributed by atoms with Gasteiger partial charge in [-0.2, -0.15) is 10.1 Å². The summed E-state index contributed by atoms with van der Waals surface area (Å²) in [5.41, 5.74) is -0.785. The van der Waals surface area contributed by atoms with Crippen molar-refractivity contribution in [3.63, 3.8) is 0 Å². The number of hydrogen-bond acceptors (Lipinski definition) is 4. The van der Waals surface area contributed by atoms with Gasteiger partial charge in [-0.1, -0.05) is 0 Å². The third-order valence-corrected chi connectivity index (χ3v) is 2.29. The Hall–Kier alpha value is -0.160. The van der Waals surface area contributed by atoms with Crippen LogP contribution in [0.3, 0.4) is 0 Å². The predicted octanol–water partition coefficient (Wildman–Crippen LogP) is 0.940. The van der Waals surface area contributed by atoms with E-state index >= 15 is 0 Å². The molecule has 2 N–H and O–H groups in total. The Morgan fingerprint density at radius 3 is 1.58 bits per heavy atom. The summed E-state index contributed by atoms with van der Waals surface area (Å²) in [6.07, 6.45) is 0. The standard InChI is InChI=1S/C8H18N2O2/c1-7(2)5-9(11)6-8(3,4)10(7)12/h11-12H,5-6H2,1-4H3. The van der Waals surface area contributed by atoms with Crippen molar-refractivity contribution in [1.29, 1.82) is 0 Å². The summed E-state index contributed by atoms with van der Waals surface area (Å²) in [6.45, 7) is 8.53. The number of nitrogens with zero attached hydrogens (tertiary/aromatic N) is 2. The van der Waals surface area contributed by atoms with E-state index in [9.17, 15) is 10.4 Å². The number of rotatable bonds is 0. The van der Waals surface area contributed by atoms with Gasteiger partial charge in [-0.05, 0) is 27.7 Å². The Morgan fingerprint density at radius 1 is 0.917 bits per heavy atom. The van der Waals surface area contributed by atoms with Crippen molar-refractivity contribution in [2.75, 3.05) is 13.1 Å². The molecule has 0 amide bonds. The Balaban J connectivity index is 2.84. The van der Waals surface area contributed by atoms with Crippen molar-refractivity contribution < 1.29 is 10.4 Å². The molecule has 1 aliphatic heterocycles. The predicted molar refractivity (Wildman–Crippen MR) is 45.1 cm³/mol. The lowest BCUT2D eigenvalue weighted by Gasteiger charge is -2.50. The Bertz CT molecular complexity index is 162. The molecule has 0 aromatic heterocycles. The highest BCUT2D eigenvalue weighted by Gasteiger charge is 2.43. The van der Waals surface area contributed by atoms with E-state index in [1.165, 1.54) is 10.1 Å². The second-order valence-corrected chi connectivity index (χ2v) is 4.76. The zero-order valence-corrected chi connectivity index (χ0v) is 8.20. The molecule has 1 rings (SSSR count). The minimum Gasteiger partial charge on any atom is -0.314 e. The van der Waals surface area contributed by atoms with E-state index in [0.29, 0.717) is 13.1 Å². The molecule has 0 aromatic carbocycles. The lowest BCUT2D eigenvalue weighted by Crippen LogP contribution is -2.66. The highest BCUT2D eigenvalue weighted by Crippen LogP contribution is 2.28. The largest absolute Gasteiger partial charge is 0.314 e. The van der Waals surface area contributed by atoms with Crippen LogP contribution < -0.4 is 0 Å². The number of hydroxylamine groups is 4. The van der Waals surface area contributed by atoms with E-state index in [2.05, 4.69) is 0 Å². The van der Waals surface area contributed by atoms with Gasteiger partial charge < -0.3 is 10.4 Å². The van der Waals surface area contributed by atoms with Crippen LogP contribution in [0.5, 0.6) is 0 Å². The second kappa shape index (κ2) is 2.67. The Morgan fingerprint density at radius 2 is 1.25 bits per heavy atom. The summed E-state index contributed by atoms with van der Waals surface area (Å²) in [6, 6.07) is 0. The molecule has 0 radical (unpaired) electrons. The fourth-order valence-electron chi connectivity index (χ4n) is 1.90. The van der Waals surface area contributed by atoms with E-state index in [4.69, 9.17) is 0 Å². The first-order chi connectivity index (χ1) is 5.26. The van der Waals surface area contributed by atoms with Crippen molar-refractivity contribution >= 4 is 0 Å². The van der Waals surface area contributed by atoms with Crippen LogP contribution in [0, 0.1) is 0 Å². The maximum atomic E-state index is 9.78. The third-order valence-electron chi connectivity index (χ3n) is 2.29. The van der Waals surface area contributed by atoms with Crippen molar-refractivity contribution in [2.24, 2.45) is 0 Å². The van der Waals surface area contributed by atoms with E-state index in [0.717, 1.165) is 0 Å². The van der Waals surface area contributed by atoms with Crippen LogP contribution >= 0.6 is 0 Å². The average molecular weight is 174 g/mol. The van der Waals surface area contributed by atoms with Crippen LogP contribution in [0.25, 0.3) is 0 Å². The number of piperazine rings is 1. The molecule has 72 valence electrons. The van der Waals surface area contributed by atoms with Gasteiger partial charge in [0.25, 0.3) is 0 Å². The lowest BCUT2D eigenvalue weighted by molar-refractivity contribution is -0.293. The molecule has 0 atom stereocenters. The average Bonchev–Trinajstić information content (AvgIpc) is 1.80. The molecule has 0 aromatic rings. The first-order valence-corrected chi connectivity index (χ1v) is 4.19. The molecule has 12 heavy (non-hydrogen) atoms. The summed E-state index contributed by atoms with van der Waals surface area (Å²) in [7, 11) is 0. The normalized spacial score (nSPS) is 30.5. The summed E-state index contributed by atoms with van der Waals surface area (Å²) >= 11 is 0. The molecule has 0 spiro atoms. The molecule has 4 nitrogen and oxygen atoms in total. The van der Waals surface area contributed by atoms with Gasteiger partial charge in [0.2, 0.25) is 0 Å². The quantitative estimate of drug-likeness (QED) is 0.573. The summed E-state index contributed by atoms with van der Waals surface area (Å²) in [5, 5.41) is 21.8. The molecule has 1 aliphatic rings. The molecular weight excluding hydrogens is 156 g/mol. The molecule has 1 fully saturated rings. The molecule has 0 unspecified atom stereocenters. The maximum Gasteiger partial charge on any atom is 0.0560 e. The van der Waals surface area contributed by atoms with Gasteiger partial charge in [-0.15, -0.1) is 0 Å². The first kappa shape index (κ1) is 9.92. The van der Waals surface area contributed by atoms with Gasteiger partial charge in [0.05, 0.1) is 11.1 Å². The fourth-order valence-corrected chi connectivity index (χ4v) is 1.90. The molecule has 0 aliphatic carbocycles. The zero-order chi connectivity index (χ0) is 9.57. The highest BCUT2D eigenvalue weighted by atomic mass is 16.5. The monoisotopic (exact) mass is 174 g/mol. The lowest BCUT2D eigenvalue weighted by atomic mass is 9.92. The van der Waals surface area contributed by atoms with Crippen LogP contribution in [0.1, 0.15) is 27.7 Å². The van der Waals surface area contributed by atoms with Gasteiger partial charge in [0.1, 0.15) is 0 Å². The summed E-state index contributed by atoms with van der Waals surface area (Å²) in [4.78, 5) is 0. The Kier molecular flexibility index (Phi) is 2.21. The smallest absolute Gasteiger partial charge is 0.0560 e. The molecule has 4 heteroatoms. The fraction of sp³-hybridized carbons (Fsp3) is 1.00. The molecule has 1 heterocycles. The van der Waals surface area contributed by atoms with Crippen LogP contribution in [0.15, 0.2) is 0 Å². The van der Waals surface area contributed by atoms with Gasteiger partial charge in [0, 0.05) is 13.1 Å². The van der Waals surface area contributed by atoms with Crippen molar-refractivity contribution in [1.82, 2.24) is 10.1 Å². The topological polar surface area (TPSA) is 46.9 Å². The minimum absolute atomic E-state index is 0.392. The highest BCUT2D eigenvalue weighted by molar-refractivity contribution is 4.94. The molecule has 1 saturated heterocycles. The molecule has 0 saturated carbocycles. The van der Waals surface area contributed by atoms with E-state index in [1.807, 2.05) is 27.7 Å². The molecule has 0 bridgehead atoms. The van der Waals surface area contributed by atoms with Gasteiger partial charge >= 0.3 is 0 Å². The van der Waals surface area contributed by atoms with Gasteiger partial charge in [-0.25, -0.2) is 0 Å². The van der Waals surface area contributed by atoms with Crippen LogP contribution in [0.2, 0.25) is 0 Å². The van der Waals surface area contributed by atoms with Crippen molar-refractivity contribution in [2.45, 2.75) is 38.8 Å². The maximum absolute atomic E-state index is 9.78. The van der Waals surface area contributed by atoms with Crippen molar-refractivity contribution in [3.05, 3.63) is 0 Å². The van der Waals surface area contributed by atoms with Crippen LogP contribution in [0.4, 0.5) is 0 Å². The van der Waals surface area contributed by atoms with Gasteiger partial charge in [-0.3, -0.25) is 0 Å². The number of hydrogen-bond donors (Lipinski definition) is 2. The first-order valence-electron chi connectivity index (χ1n) is 4.19. The second-order valence-electron chi connectivity index (χ2n) is 4.76.